The first-order valence-corrected chi connectivity index (χ1v) is 20.9. The number of anilines is 5. The highest BCUT2D eigenvalue weighted by Crippen LogP contribution is 2.47. The number of rotatable bonds is 15. The van der Waals surface area contributed by atoms with Gasteiger partial charge in [-0.05, 0) is 55.7 Å². The molecule has 7 rings (SSSR count). The number of imide groups is 2. The van der Waals surface area contributed by atoms with Gasteiger partial charge in [0.1, 0.15) is 22.6 Å². The van der Waals surface area contributed by atoms with E-state index in [1.807, 2.05) is 18.2 Å². The lowest BCUT2D eigenvalue weighted by Gasteiger charge is -2.34. The minimum Gasteiger partial charge on any atom is -0.494 e. The normalized spacial score (nSPS) is 17.0. The molecule has 5 amide bonds. The first kappa shape index (κ1) is 42.1. The molecule has 4 aromatic rings. The van der Waals surface area contributed by atoms with Gasteiger partial charge in [-0.2, -0.15) is 4.98 Å². The van der Waals surface area contributed by atoms with Crippen LogP contribution >= 0.6 is 19.2 Å². The van der Waals surface area contributed by atoms with Crippen LogP contribution in [0, 0.1) is 0 Å². The average molecular weight is 861 g/mol. The number of piperidine rings is 2. The number of amides is 5. The molecule has 1 atom stereocenters. The van der Waals surface area contributed by atoms with Crippen molar-refractivity contribution >= 4 is 82.9 Å². The molecule has 3 aliphatic heterocycles. The van der Waals surface area contributed by atoms with E-state index >= 15 is 0 Å². The van der Waals surface area contributed by atoms with Gasteiger partial charge in [-0.15, -0.1) is 0 Å². The topological polar surface area (TPSA) is 220 Å². The number of ether oxygens (including phenoxy) is 2. The van der Waals surface area contributed by atoms with Gasteiger partial charge in [0, 0.05) is 51.5 Å². The van der Waals surface area contributed by atoms with Crippen molar-refractivity contribution in [3.8, 4) is 11.5 Å². The summed E-state index contributed by atoms with van der Waals surface area (Å²) in [5.74, 6) is -1.52. The largest absolute Gasteiger partial charge is 0.494 e. The lowest BCUT2D eigenvalue weighted by molar-refractivity contribution is -0.136. The van der Waals surface area contributed by atoms with E-state index in [-0.39, 0.29) is 71.5 Å². The molecule has 1 unspecified atom stereocenters. The molecule has 2 saturated heterocycles. The predicted octanol–water partition coefficient (Wildman–Crippen LogP) is 4.69. The second kappa shape index (κ2) is 18.0. The molecule has 18 nitrogen and oxygen atoms in total. The van der Waals surface area contributed by atoms with E-state index in [1.54, 1.807) is 37.4 Å². The van der Waals surface area contributed by atoms with E-state index in [1.165, 1.54) is 32.5 Å². The smallest absolute Gasteiger partial charge is 0.362 e. The highest BCUT2D eigenvalue weighted by atomic mass is 35.5. The molecule has 4 heterocycles. The number of benzene rings is 3. The molecule has 0 saturated carbocycles. The van der Waals surface area contributed by atoms with Gasteiger partial charge in [0.25, 0.3) is 11.8 Å². The molecule has 60 heavy (non-hydrogen) atoms. The number of carbonyl (C=O) groups is 5. The van der Waals surface area contributed by atoms with Crippen LogP contribution in [0.4, 0.5) is 28.8 Å². The van der Waals surface area contributed by atoms with E-state index in [0.717, 1.165) is 10.6 Å². The first-order valence-electron chi connectivity index (χ1n) is 19.0. The summed E-state index contributed by atoms with van der Waals surface area (Å²) in [5, 5.41) is 12.1. The van der Waals surface area contributed by atoms with Crippen LogP contribution in [0.15, 0.2) is 66.9 Å². The molecule has 1 aromatic heterocycles. The number of nitrogens with zero attached hydrogens (tertiary/aromatic N) is 4. The summed E-state index contributed by atoms with van der Waals surface area (Å²) in [5.41, 5.74) is 2.09. The molecule has 0 aliphatic carbocycles. The van der Waals surface area contributed by atoms with Crippen molar-refractivity contribution in [2.45, 2.75) is 44.2 Å². The maximum atomic E-state index is 13.3. The number of halogens is 1. The Labute approximate surface area is 349 Å². The van der Waals surface area contributed by atoms with Gasteiger partial charge < -0.3 is 39.4 Å². The van der Waals surface area contributed by atoms with Gasteiger partial charge in [-0.3, -0.25) is 38.8 Å². The maximum Gasteiger partial charge on any atom is 0.362 e. The number of methoxy groups -OCH3 is 1. The van der Waals surface area contributed by atoms with Crippen LogP contribution in [-0.2, 0) is 28.0 Å². The van der Waals surface area contributed by atoms with Crippen LogP contribution in [0.25, 0.3) is 0 Å². The van der Waals surface area contributed by atoms with Gasteiger partial charge >= 0.3 is 7.60 Å². The summed E-state index contributed by atoms with van der Waals surface area (Å²) in [6.07, 6.45) is 2.89. The van der Waals surface area contributed by atoms with Crippen LogP contribution < -0.4 is 40.9 Å². The van der Waals surface area contributed by atoms with Gasteiger partial charge in [0.2, 0.25) is 23.7 Å². The van der Waals surface area contributed by atoms with Crippen molar-refractivity contribution in [3.05, 3.63) is 83.0 Å². The van der Waals surface area contributed by atoms with Gasteiger partial charge in [0.05, 0.1) is 54.1 Å². The quantitative estimate of drug-likeness (QED) is 0.0941. The predicted molar refractivity (Wildman–Crippen MR) is 221 cm³/mol. The molecule has 20 heteroatoms. The third kappa shape index (κ3) is 8.77. The monoisotopic (exact) mass is 860 g/mol. The third-order valence-electron chi connectivity index (χ3n) is 10.4. The van der Waals surface area contributed by atoms with Crippen LogP contribution in [-0.4, -0.2) is 97.5 Å². The molecule has 3 aliphatic rings. The lowest BCUT2D eigenvalue weighted by Crippen LogP contribution is -2.54. The molecule has 0 spiro atoms. The molecule has 3 aromatic carbocycles. The molecule has 314 valence electrons. The van der Waals surface area contributed by atoms with E-state index in [4.69, 9.17) is 30.1 Å². The van der Waals surface area contributed by atoms with Crippen LogP contribution in [0.1, 0.15) is 52.8 Å². The summed E-state index contributed by atoms with van der Waals surface area (Å²) >= 11 is 6.45. The Kier molecular flexibility index (Phi) is 12.7. The van der Waals surface area contributed by atoms with Gasteiger partial charge in [0.15, 0.2) is 5.82 Å². The summed E-state index contributed by atoms with van der Waals surface area (Å²) in [7, 11) is 0.581. The molecular weight excluding hydrogens is 819 g/mol. The minimum absolute atomic E-state index is 0.0143. The Morgan fingerprint density at radius 3 is 2.42 bits per heavy atom. The fourth-order valence-electron chi connectivity index (χ4n) is 7.27. The Morgan fingerprint density at radius 2 is 1.68 bits per heavy atom. The fourth-order valence-corrected chi connectivity index (χ4v) is 8.65. The van der Waals surface area contributed by atoms with E-state index in [9.17, 15) is 28.5 Å². The average Bonchev–Trinajstić information content (AvgIpc) is 3.51. The fraction of sp³-hybridized carbons (Fsp3) is 0.325. The van der Waals surface area contributed by atoms with E-state index in [2.05, 4.69) is 36.1 Å². The number of para-hydroxylation sites is 1. The Hall–Kier alpha value is -6.07. The van der Waals surface area contributed by atoms with Crippen LogP contribution in [0.3, 0.4) is 0 Å². The van der Waals surface area contributed by atoms with Gasteiger partial charge in [-0.1, -0.05) is 29.8 Å². The van der Waals surface area contributed by atoms with E-state index < -0.39 is 37.3 Å². The molecule has 0 radical (unpaired) electrons. The zero-order valence-corrected chi connectivity index (χ0v) is 34.5. The van der Waals surface area contributed by atoms with Crippen molar-refractivity contribution in [1.29, 1.82) is 0 Å². The zero-order chi connectivity index (χ0) is 42.6. The highest BCUT2D eigenvalue weighted by Gasteiger charge is 2.46. The van der Waals surface area contributed by atoms with Crippen LogP contribution in [0.5, 0.6) is 11.5 Å². The van der Waals surface area contributed by atoms with Crippen molar-refractivity contribution < 1.29 is 47.1 Å². The second-order valence-corrected chi connectivity index (χ2v) is 16.6. The van der Waals surface area contributed by atoms with E-state index in [0.29, 0.717) is 48.4 Å². The minimum atomic E-state index is -3.59. The number of hydrogen-bond acceptors (Lipinski definition) is 15. The van der Waals surface area contributed by atoms with Crippen LogP contribution in [0.2, 0.25) is 5.02 Å². The van der Waals surface area contributed by atoms with Crippen molar-refractivity contribution in [2.75, 3.05) is 56.6 Å². The Bertz CT molecular complexity index is 2390. The molecular formula is C40H42ClN8O10P. The Morgan fingerprint density at radius 1 is 0.917 bits per heavy atom. The number of fused-ring (bicyclic) bond motifs is 1. The summed E-state index contributed by atoms with van der Waals surface area (Å²) < 4.78 is 35.1. The SMILES string of the molecule is COc1cc(N2CCC(NC(=O)CCOc3cccc4c3C(=O)N(C3CCC(=O)NC3=O)C4=O)CC2)ccc1Nc1ncc(Cl)c(Nc2ccccc2P(=O)(OC)OC)n1. The number of aromatic nitrogens is 2. The zero-order valence-electron chi connectivity index (χ0n) is 32.9. The molecule has 2 fully saturated rings. The molecule has 4 N–H and O–H groups in total. The van der Waals surface area contributed by atoms with Crippen molar-refractivity contribution in [2.24, 2.45) is 0 Å². The lowest BCUT2D eigenvalue weighted by atomic mass is 10.0. The summed E-state index contributed by atoms with van der Waals surface area (Å²) in [4.78, 5) is 75.3. The molecule has 0 bridgehead atoms. The van der Waals surface area contributed by atoms with Crippen molar-refractivity contribution in [1.82, 2.24) is 25.5 Å². The first-order chi connectivity index (χ1) is 28.9. The summed E-state index contributed by atoms with van der Waals surface area (Å²) in [6.45, 7) is 1.30. The van der Waals surface area contributed by atoms with Gasteiger partial charge in [-0.25, -0.2) is 4.98 Å². The highest BCUT2D eigenvalue weighted by molar-refractivity contribution is 7.62. The number of nitrogens with one attached hydrogen (secondary N) is 4. The summed E-state index contributed by atoms with van der Waals surface area (Å²) in [6, 6.07) is 15.9. The Balaban J connectivity index is 0.910. The number of hydrogen-bond donors (Lipinski definition) is 4. The number of carbonyl (C=O) groups excluding carboxylic acids is 5. The standard InChI is InChI=1S/C40H42ClN8O10P/c1-56-31-21-24(11-12-27(31)45-40-42-22-26(41)36(47-40)44-28-8-4-5-10-32(28)60(55,57-2)58-3)48-18-15-23(16-19-48)43-34(51)17-20-59-30-9-6-7-25-35(30)39(54)49(38(25)53)29-13-14-33(50)46-37(29)52/h4-12,21-23,29H,13-20H2,1-3H3,(H,43,51)(H,46,50,52)(H2,42,44,45,47). The third-order valence-corrected chi connectivity index (χ3v) is 12.6. The second-order valence-electron chi connectivity index (χ2n) is 14.0. The van der Waals surface area contributed by atoms with Crippen molar-refractivity contribution in [3.63, 3.8) is 0 Å². The maximum absolute atomic E-state index is 13.3.